The zero-order valence-electron chi connectivity index (χ0n) is 8.76. The number of hydrogen-bond acceptors (Lipinski definition) is 2. The standard InChI is InChI=1S/C11H22N2/c1-10(9-12)13-7-5-11(6-8-13)3-2-4-11/h10H,2-9,12H2,1H3. The van der Waals surface area contributed by atoms with Crippen molar-refractivity contribution in [3.8, 4) is 0 Å². The van der Waals surface area contributed by atoms with E-state index in [9.17, 15) is 0 Å². The van der Waals surface area contributed by atoms with Crippen LogP contribution >= 0.6 is 0 Å². The van der Waals surface area contributed by atoms with Crippen LogP contribution in [-0.2, 0) is 0 Å². The summed E-state index contributed by atoms with van der Waals surface area (Å²) in [6, 6.07) is 0.595. The Labute approximate surface area is 81.5 Å². The molecule has 1 heterocycles. The summed E-state index contributed by atoms with van der Waals surface area (Å²) in [5.74, 6) is 0. The summed E-state index contributed by atoms with van der Waals surface area (Å²) in [5, 5.41) is 0. The Morgan fingerprint density at radius 2 is 1.85 bits per heavy atom. The highest BCUT2D eigenvalue weighted by atomic mass is 15.2. The predicted octanol–water partition coefficient (Wildman–Crippen LogP) is 1.60. The highest BCUT2D eigenvalue weighted by Gasteiger charge is 2.39. The highest BCUT2D eigenvalue weighted by Crippen LogP contribution is 2.48. The van der Waals surface area contributed by atoms with Crippen molar-refractivity contribution < 1.29 is 0 Å². The van der Waals surface area contributed by atoms with Crippen molar-refractivity contribution in [2.45, 2.75) is 45.1 Å². The molecule has 2 nitrogen and oxygen atoms in total. The molecule has 1 atom stereocenters. The normalized spacial score (nSPS) is 30.0. The average molecular weight is 182 g/mol. The lowest BCUT2D eigenvalue weighted by Crippen LogP contribution is -2.48. The fourth-order valence-corrected chi connectivity index (χ4v) is 2.76. The van der Waals surface area contributed by atoms with E-state index in [1.807, 2.05) is 0 Å². The third-order valence-corrected chi connectivity index (χ3v) is 4.24. The van der Waals surface area contributed by atoms with E-state index in [0.717, 1.165) is 12.0 Å². The molecule has 13 heavy (non-hydrogen) atoms. The Kier molecular flexibility index (Phi) is 2.61. The molecule has 1 saturated heterocycles. The van der Waals surface area contributed by atoms with Gasteiger partial charge in [-0.2, -0.15) is 0 Å². The van der Waals surface area contributed by atoms with Crippen molar-refractivity contribution in [2.24, 2.45) is 11.1 Å². The van der Waals surface area contributed by atoms with Gasteiger partial charge in [0.25, 0.3) is 0 Å². The minimum absolute atomic E-state index is 0.595. The van der Waals surface area contributed by atoms with Crippen molar-refractivity contribution in [1.29, 1.82) is 0 Å². The smallest absolute Gasteiger partial charge is 0.0190 e. The maximum absolute atomic E-state index is 5.68. The Hall–Kier alpha value is -0.0800. The Bertz CT molecular complexity index is 165. The maximum Gasteiger partial charge on any atom is 0.0190 e. The molecule has 1 unspecified atom stereocenters. The lowest BCUT2D eigenvalue weighted by molar-refractivity contribution is 0.0205. The molecule has 0 amide bonds. The van der Waals surface area contributed by atoms with Crippen LogP contribution < -0.4 is 5.73 Å². The van der Waals surface area contributed by atoms with Crippen LogP contribution in [0.3, 0.4) is 0 Å². The second kappa shape index (κ2) is 3.58. The SMILES string of the molecule is CC(CN)N1CCC2(CCC2)CC1. The van der Waals surface area contributed by atoms with E-state index in [0.29, 0.717) is 6.04 Å². The molecule has 1 spiro atoms. The predicted molar refractivity (Wildman–Crippen MR) is 55.6 cm³/mol. The summed E-state index contributed by atoms with van der Waals surface area (Å²) in [7, 11) is 0. The van der Waals surface area contributed by atoms with E-state index in [4.69, 9.17) is 5.73 Å². The molecule has 2 aliphatic rings. The fraction of sp³-hybridized carbons (Fsp3) is 1.00. The summed E-state index contributed by atoms with van der Waals surface area (Å²) < 4.78 is 0. The molecule has 0 bridgehead atoms. The van der Waals surface area contributed by atoms with Crippen molar-refractivity contribution >= 4 is 0 Å². The van der Waals surface area contributed by atoms with Gasteiger partial charge in [-0.25, -0.2) is 0 Å². The van der Waals surface area contributed by atoms with E-state index < -0.39 is 0 Å². The van der Waals surface area contributed by atoms with Crippen LogP contribution in [0.1, 0.15) is 39.0 Å². The molecule has 76 valence electrons. The molecule has 0 aromatic carbocycles. The Morgan fingerprint density at radius 1 is 1.23 bits per heavy atom. The quantitative estimate of drug-likeness (QED) is 0.703. The molecular weight excluding hydrogens is 160 g/mol. The Morgan fingerprint density at radius 3 is 2.23 bits per heavy atom. The van der Waals surface area contributed by atoms with Crippen LogP contribution in [0.2, 0.25) is 0 Å². The number of piperidine rings is 1. The molecule has 0 radical (unpaired) electrons. The van der Waals surface area contributed by atoms with Crippen LogP contribution in [0.15, 0.2) is 0 Å². The zero-order chi connectivity index (χ0) is 9.31. The van der Waals surface area contributed by atoms with Crippen LogP contribution in [0, 0.1) is 5.41 Å². The third-order valence-electron chi connectivity index (χ3n) is 4.24. The maximum atomic E-state index is 5.68. The molecule has 1 aliphatic carbocycles. The van der Waals surface area contributed by atoms with Gasteiger partial charge in [-0.05, 0) is 51.1 Å². The topological polar surface area (TPSA) is 29.3 Å². The van der Waals surface area contributed by atoms with Gasteiger partial charge in [0.1, 0.15) is 0 Å². The molecule has 0 aromatic rings. The van der Waals surface area contributed by atoms with E-state index >= 15 is 0 Å². The molecular formula is C11H22N2. The van der Waals surface area contributed by atoms with Gasteiger partial charge in [0.05, 0.1) is 0 Å². The van der Waals surface area contributed by atoms with Crippen LogP contribution in [0.5, 0.6) is 0 Å². The van der Waals surface area contributed by atoms with Crippen molar-refractivity contribution in [3.05, 3.63) is 0 Å². The van der Waals surface area contributed by atoms with Gasteiger partial charge >= 0.3 is 0 Å². The molecule has 0 aromatic heterocycles. The molecule has 2 fully saturated rings. The van der Waals surface area contributed by atoms with Crippen molar-refractivity contribution in [3.63, 3.8) is 0 Å². The fourth-order valence-electron chi connectivity index (χ4n) is 2.76. The van der Waals surface area contributed by atoms with Crippen LogP contribution in [0.25, 0.3) is 0 Å². The summed E-state index contributed by atoms with van der Waals surface area (Å²) >= 11 is 0. The number of likely N-dealkylation sites (tertiary alicyclic amines) is 1. The minimum Gasteiger partial charge on any atom is -0.329 e. The first kappa shape index (κ1) is 9.47. The van der Waals surface area contributed by atoms with Gasteiger partial charge < -0.3 is 5.73 Å². The van der Waals surface area contributed by atoms with Gasteiger partial charge in [0.15, 0.2) is 0 Å². The average Bonchev–Trinajstić information content (AvgIpc) is 2.14. The molecule has 2 N–H and O–H groups in total. The van der Waals surface area contributed by atoms with Crippen molar-refractivity contribution in [1.82, 2.24) is 4.90 Å². The number of hydrogen-bond donors (Lipinski definition) is 1. The van der Waals surface area contributed by atoms with Gasteiger partial charge in [-0.3, -0.25) is 4.90 Å². The monoisotopic (exact) mass is 182 g/mol. The summed E-state index contributed by atoms with van der Waals surface area (Å²) in [6.45, 7) is 5.64. The first-order chi connectivity index (χ1) is 6.26. The first-order valence-corrected chi connectivity index (χ1v) is 5.70. The van der Waals surface area contributed by atoms with E-state index in [1.165, 1.54) is 45.2 Å². The number of rotatable bonds is 2. The van der Waals surface area contributed by atoms with Gasteiger partial charge in [0.2, 0.25) is 0 Å². The van der Waals surface area contributed by atoms with E-state index in [1.54, 1.807) is 0 Å². The summed E-state index contributed by atoms with van der Waals surface area (Å²) in [4.78, 5) is 2.56. The number of nitrogens with two attached hydrogens (primary N) is 1. The summed E-state index contributed by atoms with van der Waals surface area (Å²) in [5.41, 5.74) is 6.46. The molecule has 2 rings (SSSR count). The largest absolute Gasteiger partial charge is 0.329 e. The Balaban J connectivity index is 1.82. The number of nitrogens with zero attached hydrogens (tertiary/aromatic N) is 1. The summed E-state index contributed by atoms with van der Waals surface area (Å²) in [6.07, 6.45) is 7.33. The molecule has 1 saturated carbocycles. The van der Waals surface area contributed by atoms with Gasteiger partial charge in [0, 0.05) is 12.6 Å². The van der Waals surface area contributed by atoms with E-state index in [-0.39, 0.29) is 0 Å². The minimum atomic E-state index is 0.595. The van der Waals surface area contributed by atoms with Gasteiger partial charge in [-0.15, -0.1) is 0 Å². The first-order valence-electron chi connectivity index (χ1n) is 5.70. The zero-order valence-corrected chi connectivity index (χ0v) is 8.76. The molecule has 1 aliphatic heterocycles. The third kappa shape index (κ3) is 1.75. The van der Waals surface area contributed by atoms with Gasteiger partial charge in [-0.1, -0.05) is 6.42 Å². The lowest BCUT2D eigenvalue weighted by atomic mass is 9.63. The highest BCUT2D eigenvalue weighted by molar-refractivity contribution is 4.93. The van der Waals surface area contributed by atoms with Crippen LogP contribution in [-0.4, -0.2) is 30.6 Å². The molecule has 2 heteroatoms. The lowest BCUT2D eigenvalue weighted by Gasteiger charge is -2.49. The van der Waals surface area contributed by atoms with Crippen molar-refractivity contribution in [2.75, 3.05) is 19.6 Å². The van der Waals surface area contributed by atoms with E-state index in [2.05, 4.69) is 11.8 Å². The second-order valence-corrected chi connectivity index (χ2v) is 4.97. The van der Waals surface area contributed by atoms with Crippen LogP contribution in [0.4, 0.5) is 0 Å². The second-order valence-electron chi connectivity index (χ2n) is 4.97.